The number of nitrogens with zero attached hydrogens (tertiary/aromatic N) is 2. The predicted octanol–water partition coefficient (Wildman–Crippen LogP) is 12.7. The highest BCUT2D eigenvalue weighted by atomic mass is 15.2. The Morgan fingerprint density at radius 1 is 0.545 bits per heavy atom. The molecule has 1 aliphatic rings. The van der Waals surface area contributed by atoms with Gasteiger partial charge in [-0.1, -0.05) is 99.1 Å². The maximum atomic E-state index is 12.2. The number of benzene rings is 2. The van der Waals surface area contributed by atoms with Crippen molar-refractivity contribution < 1.29 is 4.70 Å². The maximum absolute atomic E-state index is 12.2. The van der Waals surface area contributed by atoms with Gasteiger partial charge >= 0.3 is 0 Å². The maximum Gasteiger partial charge on any atom is 0.215 e. The molecule has 2 aromatic carbocycles. The highest BCUT2D eigenvalue weighted by Gasteiger charge is 2.35. The molecule has 0 bridgehead atoms. The van der Waals surface area contributed by atoms with E-state index in [1.807, 2.05) is 0 Å². The largest absolute Gasteiger partial charge is 0.493 e. The molecule has 0 spiro atoms. The molecule has 0 N–H and O–H groups in total. The second-order valence-electron chi connectivity index (χ2n) is 12.7. The fourth-order valence-electron chi connectivity index (χ4n) is 7.31. The molecule has 0 atom stereocenters. The van der Waals surface area contributed by atoms with Crippen molar-refractivity contribution in [3.63, 3.8) is 0 Å². The lowest BCUT2D eigenvalue weighted by molar-refractivity contribution is -0.345. The summed E-state index contributed by atoms with van der Waals surface area (Å²) in [4.78, 5) is 0. The Labute approximate surface area is 271 Å². The monoisotopic (exact) mass is 594 g/mol. The summed E-state index contributed by atoms with van der Waals surface area (Å²) in [5.41, 5.74) is 27.8. The molecule has 2 heteroatoms. The van der Waals surface area contributed by atoms with Crippen LogP contribution in [0.25, 0.3) is 16.9 Å². The SMILES string of the molecule is CC=CC1=C(c2cc(CC)c(CC)c(CC)c2)[N+](=[N-])C(c2cc(CCCCC)c(CCCCC)c(CCCCC)c2)=C1CC. The molecule has 0 saturated carbocycles. The van der Waals surface area contributed by atoms with Gasteiger partial charge in [0, 0.05) is 16.7 Å². The van der Waals surface area contributed by atoms with Gasteiger partial charge in [-0.3, -0.25) is 0 Å². The number of hydrogen-bond donors (Lipinski definition) is 0. The Morgan fingerprint density at radius 3 is 1.45 bits per heavy atom. The zero-order chi connectivity index (χ0) is 32.1. The van der Waals surface area contributed by atoms with Gasteiger partial charge < -0.3 is 5.53 Å². The van der Waals surface area contributed by atoms with E-state index in [-0.39, 0.29) is 0 Å². The van der Waals surface area contributed by atoms with Gasteiger partial charge in [0.2, 0.25) is 11.4 Å². The van der Waals surface area contributed by atoms with Crippen molar-refractivity contribution in [2.75, 3.05) is 0 Å². The Kier molecular flexibility index (Phi) is 14.8. The van der Waals surface area contributed by atoms with Crippen molar-refractivity contribution in [2.45, 2.75) is 158 Å². The Hall–Kier alpha value is -2.74. The highest BCUT2D eigenvalue weighted by molar-refractivity contribution is 5.84. The van der Waals surface area contributed by atoms with Crippen molar-refractivity contribution in [3.8, 4) is 0 Å². The second kappa shape index (κ2) is 18.3. The lowest BCUT2D eigenvalue weighted by atomic mass is 9.87. The lowest BCUT2D eigenvalue weighted by Crippen LogP contribution is -2.08. The quantitative estimate of drug-likeness (QED) is 0.114. The van der Waals surface area contributed by atoms with Crippen LogP contribution in [0.2, 0.25) is 0 Å². The van der Waals surface area contributed by atoms with E-state index in [0.29, 0.717) is 0 Å². The van der Waals surface area contributed by atoms with Crippen LogP contribution in [0.15, 0.2) is 47.6 Å². The van der Waals surface area contributed by atoms with Crippen molar-refractivity contribution >= 4 is 11.4 Å². The summed E-state index contributed by atoms with van der Waals surface area (Å²) < 4.78 is 1.56. The number of aryl methyl sites for hydroxylation is 4. The van der Waals surface area contributed by atoms with Gasteiger partial charge in [0.15, 0.2) is 0 Å². The van der Waals surface area contributed by atoms with Crippen molar-refractivity contribution in [1.82, 2.24) is 0 Å². The average molecular weight is 595 g/mol. The molecule has 0 radical (unpaired) electrons. The minimum Gasteiger partial charge on any atom is -0.493 e. The first-order chi connectivity index (χ1) is 21.4. The summed E-state index contributed by atoms with van der Waals surface area (Å²) in [6.07, 6.45) is 23.0. The van der Waals surface area contributed by atoms with Gasteiger partial charge in [-0.2, -0.15) is 0 Å². The number of unbranched alkanes of at least 4 members (excludes halogenated alkanes) is 6. The Morgan fingerprint density at radius 2 is 1.02 bits per heavy atom. The summed E-state index contributed by atoms with van der Waals surface area (Å²) in [6.45, 7) is 18.0. The van der Waals surface area contributed by atoms with Crippen molar-refractivity contribution in [2.24, 2.45) is 0 Å². The Balaban J connectivity index is 2.25. The molecule has 44 heavy (non-hydrogen) atoms. The van der Waals surface area contributed by atoms with Crippen LogP contribution in [-0.4, -0.2) is 4.70 Å². The molecule has 0 saturated heterocycles. The molecule has 0 amide bonds. The van der Waals surface area contributed by atoms with Gasteiger partial charge in [0.25, 0.3) is 0 Å². The standard InChI is InChI=1S/C42H62N2/c1-9-17-20-24-33-29-36(30-34(25-21-18-10-2)39(33)26-22-19-11-3)41-38(16-8)40(23-12-4)42(44(41)43)35-27-31(13-5)37(15-7)32(14-6)28-35/h12,23,27-30H,9-11,13-22,24-26H2,1-8H3. The summed E-state index contributed by atoms with van der Waals surface area (Å²) in [7, 11) is 0. The van der Waals surface area contributed by atoms with Crippen LogP contribution in [0, 0.1) is 0 Å². The van der Waals surface area contributed by atoms with Crippen molar-refractivity contribution in [3.05, 3.63) is 97.6 Å². The molecule has 0 aromatic heterocycles. The third-order valence-electron chi connectivity index (χ3n) is 9.64. The summed E-state index contributed by atoms with van der Waals surface area (Å²) >= 11 is 0. The first kappa shape index (κ1) is 35.7. The smallest absolute Gasteiger partial charge is 0.215 e. The number of rotatable bonds is 19. The van der Waals surface area contributed by atoms with Gasteiger partial charge in [-0.15, -0.1) is 0 Å². The molecule has 240 valence electrons. The lowest BCUT2D eigenvalue weighted by Gasteiger charge is -2.19. The minimum absolute atomic E-state index is 0.873. The number of hydrogen-bond acceptors (Lipinski definition) is 0. The summed E-state index contributed by atoms with van der Waals surface area (Å²) in [5.74, 6) is 0. The van der Waals surface area contributed by atoms with Crippen LogP contribution in [0.3, 0.4) is 0 Å². The fraction of sp³-hybridized carbons (Fsp3) is 0.571. The van der Waals surface area contributed by atoms with Crippen LogP contribution in [0.4, 0.5) is 0 Å². The van der Waals surface area contributed by atoms with E-state index in [1.165, 1.54) is 103 Å². The molecule has 2 nitrogen and oxygen atoms in total. The molecule has 1 aliphatic heterocycles. The van der Waals surface area contributed by atoms with Gasteiger partial charge in [-0.25, -0.2) is 4.70 Å². The van der Waals surface area contributed by atoms with Gasteiger partial charge in [0.1, 0.15) is 0 Å². The molecule has 3 rings (SSSR count). The molecular weight excluding hydrogens is 532 g/mol. The molecule has 0 fully saturated rings. The van der Waals surface area contributed by atoms with E-state index < -0.39 is 0 Å². The van der Waals surface area contributed by atoms with Crippen LogP contribution in [0.5, 0.6) is 0 Å². The van der Waals surface area contributed by atoms with E-state index in [1.54, 1.807) is 10.3 Å². The fourth-order valence-corrected chi connectivity index (χ4v) is 7.31. The van der Waals surface area contributed by atoms with E-state index in [9.17, 15) is 5.53 Å². The van der Waals surface area contributed by atoms with E-state index in [2.05, 4.69) is 91.8 Å². The zero-order valence-corrected chi connectivity index (χ0v) is 29.7. The van der Waals surface area contributed by atoms with Crippen LogP contribution < -0.4 is 0 Å². The molecule has 2 aromatic rings. The molecule has 0 unspecified atom stereocenters. The Bertz CT molecular complexity index is 1290. The van der Waals surface area contributed by atoms with Crippen molar-refractivity contribution in [1.29, 1.82) is 0 Å². The zero-order valence-electron chi connectivity index (χ0n) is 29.7. The third-order valence-corrected chi connectivity index (χ3v) is 9.64. The minimum atomic E-state index is 0.873. The van der Waals surface area contributed by atoms with Crippen LogP contribution >= 0.6 is 0 Å². The van der Waals surface area contributed by atoms with Crippen LogP contribution in [0.1, 0.15) is 164 Å². The van der Waals surface area contributed by atoms with E-state index >= 15 is 0 Å². The molecule has 0 aliphatic carbocycles. The van der Waals surface area contributed by atoms with E-state index in [4.69, 9.17) is 0 Å². The number of allylic oxidation sites excluding steroid dienone is 4. The van der Waals surface area contributed by atoms with Crippen LogP contribution in [-0.2, 0) is 38.5 Å². The third kappa shape index (κ3) is 8.29. The van der Waals surface area contributed by atoms with E-state index in [0.717, 1.165) is 61.1 Å². The van der Waals surface area contributed by atoms with Gasteiger partial charge in [0.05, 0.1) is 5.57 Å². The summed E-state index contributed by atoms with van der Waals surface area (Å²) in [6, 6.07) is 9.61. The topological polar surface area (TPSA) is 25.3 Å². The average Bonchev–Trinajstić information content (AvgIpc) is 3.31. The first-order valence-electron chi connectivity index (χ1n) is 18.3. The second-order valence-corrected chi connectivity index (χ2v) is 12.7. The predicted molar refractivity (Wildman–Crippen MR) is 193 cm³/mol. The molecule has 1 heterocycles. The summed E-state index contributed by atoms with van der Waals surface area (Å²) in [5, 5.41) is 0. The normalized spacial score (nSPS) is 13.8. The molecular formula is C42H62N2. The highest BCUT2D eigenvalue weighted by Crippen LogP contribution is 2.44. The first-order valence-corrected chi connectivity index (χ1v) is 18.3. The van der Waals surface area contributed by atoms with Gasteiger partial charge in [-0.05, 0) is 129 Å².